The first kappa shape index (κ1) is 45.1. The summed E-state index contributed by atoms with van der Waals surface area (Å²) in [6, 6.07) is 5.99. The number of unbranched alkanes of at least 4 members (excludes halogenated alkanes) is 1. The molecule has 2 rings (SSSR count). The maximum Gasteiger partial charge on any atom is 0.401 e. The third kappa shape index (κ3) is 13.1. The van der Waals surface area contributed by atoms with Crippen molar-refractivity contribution in [1.29, 1.82) is 0 Å². The Morgan fingerprint density at radius 2 is 1.20 bits per heavy atom. The van der Waals surface area contributed by atoms with Crippen LogP contribution >= 0.6 is 11.6 Å². The predicted molar refractivity (Wildman–Crippen MR) is 193 cm³/mol. The van der Waals surface area contributed by atoms with Gasteiger partial charge in [-0.05, 0) is 94.9 Å². The highest BCUT2D eigenvalue weighted by Gasteiger charge is 2.50. The van der Waals surface area contributed by atoms with Crippen molar-refractivity contribution in [3.05, 3.63) is 59.1 Å². The topological polar surface area (TPSA) is 272 Å². The van der Waals surface area contributed by atoms with Crippen LogP contribution in [0.3, 0.4) is 0 Å². The van der Waals surface area contributed by atoms with E-state index < -0.39 is 83.5 Å². The summed E-state index contributed by atoms with van der Waals surface area (Å²) in [7, 11) is 0. The summed E-state index contributed by atoms with van der Waals surface area (Å²) in [5.74, 6) is -14.1. The first-order chi connectivity index (χ1) is 25.3. The summed E-state index contributed by atoms with van der Waals surface area (Å²) in [6.45, 7) is 3.45. The van der Waals surface area contributed by atoms with Gasteiger partial charge >= 0.3 is 11.9 Å². The molecule has 0 aromatic heterocycles. The van der Waals surface area contributed by atoms with Crippen LogP contribution in [0.2, 0.25) is 5.02 Å². The highest BCUT2D eigenvalue weighted by Crippen LogP contribution is 2.22. The van der Waals surface area contributed by atoms with Crippen molar-refractivity contribution in [1.82, 2.24) is 26.6 Å². The Balaban J connectivity index is 2.10. The Labute approximate surface area is 315 Å². The van der Waals surface area contributed by atoms with Crippen molar-refractivity contribution in [3.8, 4) is 11.1 Å². The molecule has 2 aromatic rings. The van der Waals surface area contributed by atoms with E-state index in [4.69, 9.17) is 28.2 Å². The van der Waals surface area contributed by atoms with Crippen molar-refractivity contribution >= 4 is 52.9 Å². The lowest BCUT2D eigenvalue weighted by molar-refractivity contribution is -0.172. The number of aliphatic hydroxyl groups excluding tert-OH is 1. The van der Waals surface area contributed by atoms with Crippen LogP contribution in [0.4, 0.5) is 8.78 Å². The summed E-state index contributed by atoms with van der Waals surface area (Å²) in [5, 5.41) is 31.1. The van der Waals surface area contributed by atoms with Gasteiger partial charge in [-0.3, -0.25) is 28.8 Å². The molecule has 0 saturated heterocycles. The molecule has 0 heterocycles. The van der Waals surface area contributed by atoms with Gasteiger partial charge in [0.15, 0.2) is 0 Å². The van der Waals surface area contributed by atoms with Crippen LogP contribution in [-0.2, 0) is 28.8 Å². The Morgan fingerprint density at radius 1 is 0.685 bits per heavy atom. The lowest BCUT2D eigenvalue weighted by Gasteiger charge is -2.27. The minimum atomic E-state index is -4.78. The van der Waals surface area contributed by atoms with Crippen molar-refractivity contribution in [3.63, 3.8) is 0 Å². The Bertz CT molecular complexity index is 1650. The van der Waals surface area contributed by atoms with Crippen molar-refractivity contribution in [2.75, 3.05) is 13.1 Å². The van der Waals surface area contributed by atoms with Crippen molar-refractivity contribution < 1.29 is 52.6 Å². The molecule has 19 heteroatoms. The van der Waals surface area contributed by atoms with Crippen LogP contribution in [-0.4, -0.2) is 107 Å². The Hall–Kier alpha value is -5.04. The van der Waals surface area contributed by atoms with Gasteiger partial charge in [0.1, 0.15) is 24.2 Å². The zero-order chi connectivity index (χ0) is 40.7. The van der Waals surface area contributed by atoms with E-state index in [9.17, 15) is 47.4 Å². The molecule has 2 aromatic carbocycles. The van der Waals surface area contributed by atoms with E-state index in [2.05, 4.69) is 21.3 Å². The number of hydrogen-bond acceptors (Lipinski definition) is 10. The summed E-state index contributed by atoms with van der Waals surface area (Å²) in [5.41, 5.74) is 13.1. The fraction of sp³-hybridized carbons (Fsp3) is 0.457. The van der Waals surface area contributed by atoms with Gasteiger partial charge in [0.05, 0.1) is 12.1 Å². The summed E-state index contributed by atoms with van der Waals surface area (Å²) in [6.07, 6.45) is -0.946. The number of halogens is 3. The largest absolute Gasteiger partial charge is 0.476 e. The van der Waals surface area contributed by atoms with E-state index in [1.54, 1.807) is 36.4 Å². The molecule has 16 nitrogen and oxygen atoms in total. The molecular weight excluding hydrogens is 736 g/mol. The highest BCUT2D eigenvalue weighted by atomic mass is 35.5. The second-order valence-electron chi connectivity index (χ2n) is 12.5. The minimum Gasteiger partial charge on any atom is -0.476 e. The normalized spacial score (nSPS) is 14.6. The van der Waals surface area contributed by atoms with Crippen LogP contribution in [0.15, 0.2) is 48.5 Å². The summed E-state index contributed by atoms with van der Waals surface area (Å²) < 4.78 is 27.4. The van der Waals surface area contributed by atoms with Gasteiger partial charge in [-0.15, -0.1) is 0 Å². The van der Waals surface area contributed by atoms with Crippen LogP contribution in [0.25, 0.3) is 11.1 Å². The molecule has 0 radical (unpaired) electrons. The van der Waals surface area contributed by atoms with Crippen molar-refractivity contribution in [2.45, 2.75) is 88.7 Å². The molecular formula is C35H46ClF2N7O9. The fourth-order valence-corrected chi connectivity index (χ4v) is 5.10. The Morgan fingerprint density at radius 3 is 1.72 bits per heavy atom. The average Bonchev–Trinajstić information content (AvgIpc) is 3.12. The van der Waals surface area contributed by atoms with Crippen molar-refractivity contribution in [2.24, 2.45) is 11.5 Å². The van der Waals surface area contributed by atoms with Gasteiger partial charge in [0.25, 0.3) is 5.91 Å². The molecule has 6 unspecified atom stereocenters. The number of carbonyl (C=O) groups excluding carboxylic acids is 6. The molecule has 0 fully saturated rings. The summed E-state index contributed by atoms with van der Waals surface area (Å²) >= 11 is 5.95. The van der Waals surface area contributed by atoms with E-state index in [1.165, 1.54) is 13.8 Å². The average molecular weight is 782 g/mol. The smallest absolute Gasteiger partial charge is 0.401 e. The number of Topliss-reactive ketones (excluding diaryl/α,β-unsaturated/α-hetero) is 1. The number of aliphatic hydroxyl groups is 1. The van der Waals surface area contributed by atoms with E-state index >= 15 is 0 Å². The number of hydrogen-bond donors (Lipinski definition) is 9. The third-order valence-corrected chi connectivity index (χ3v) is 8.38. The van der Waals surface area contributed by atoms with Gasteiger partial charge < -0.3 is 48.3 Å². The predicted octanol–water partition coefficient (Wildman–Crippen LogP) is 0.232. The van der Waals surface area contributed by atoms with E-state index in [0.29, 0.717) is 11.4 Å². The standard InChI is InChI=1S/C35H46ClF2N7O9/c1-18(28(47)35(37,38)34(53)54)41-31(50)25(6-4-5-16-39)43-29(48)19(2)42-33(52)27(20(3)46)45-32(51)26(15-17-40)44-30(49)23-9-7-21(8-10-23)22-11-13-24(36)14-12-22/h7-14,18-20,25-27,46H,4-6,15-17,39-40H2,1-3H3,(H,41,50)(H,42,52)(H,43,48)(H,44,49)(H,45,51)(H,53,54). The van der Waals surface area contributed by atoms with Gasteiger partial charge in [-0.1, -0.05) is 35.9 Å². The second kappa shape index (κ2) is 21.0. The van der Waals surface area contributed by atoms with Gasteiger partial charge in [-0.2, -0.15) is 8.78 Å². The third-order valence-electron chi connectivity index (χ3n) is 8.13. The zero-order valence-electron chi connectivity index (χ0n) is 29.9. The molecule has 5 amide bonds. The molecule has 0 aliphatic carbocycles. The summed E-state index contributed by atoms with van der Waals surface area (Å²) in [4.78, 5) is 88.2. The first-order valence-electron chi connectivity index (χ1n) is 17.0. The lowest BCUT2D eigenvalue weighted by Crippen LogP contribution is -2.60. The number of benzene rings is 2. The van der Waals surface area contributed by atoms with Crippen LogP contribution in [0, 0.1) is 0 Å². The second-order valence-corrected chi connectivity index (χ2v) is 12.9. The van der Waals surface area contributed by atoms with E-state index in [-0.39, 0.29) is 37.9 Å². The number of nitrogens with two attached hydrogens (primary N) is 2. The molecule has 11 N–H and O–H groups in total. The maximum absolute atomic E-state index is 13.7. The molecule has 0 aliphatic rings. The number of amides is 5. The van der Waals surface area contributed by atoms with Gasteiger partial charge in [-0.25, -0.2) is 4.79 Å². The van der Waals surface area contributed by atoms with Gasteiger partial charge in [0.2, 0.25) is 29.4 Å². The monoisotopic (exact) mass is 781 g/mol. The molecule has 6 atom stereocenters. The maximum atomic E-state index is 13.7. The van der Waals surface area contributed by atoms with Crippen LogP contribution in [0.5, 0.6) is 0 Å². The van der Waals surface area contributed by atoms with Crippen LogP contribution in [0.1, 0.15) is 56.8 Å². The SMILES string of the molecule is CC(NC(=O)C(NC(=O)C(CCN)NC(=O)c1ccc(-c2ccc(Cl)cc2)cc1)C(C)O)C(=O)NC(CCCCN)C(=O)NC(C)C(=O)C(F)(F)C(=O)O. The lowest BCUT2D eigenvalue weighted by atomic mass is 10.0. The first-order valence-corrected chi connectivity index (χ1v) is 17.3. The number of rotatable bonds is 21. The van der Waals surface area contributed by atoms with E-state index in [0.717, 1.165) is 18.1 Å². The highest BCUT2D eigenvalue weighted by molar-refractivity contribution is 6.30. The number of carbonyl (C=O) groups is 7. The van der Waals surface area contributed by atoms with Gasteiger partial charge in [0, 0.05) is 10.6 Å². The number of carboxylic acid groups (broad SMARTS) is 1. The molecule has 296 valence electrons. The Kier molecular flexibility index (Phi) is 17.5. The molecule has 0 bridgehead atoms. The number of aliphatic carboxylic acids is 1. The molecule has 54 heavy (non-hydrogen) atoms. The fourth-order valence-electron chi connectivity index (χ4n) is 4.98. The number of ketones is 1. The molecule has 0 saturated carbocycles. The van der Waals surface area contributed by atoms with E-state index in [1.807, 2.05) is 17.4 Å². The molecule has 0 aliphatic heterocycles. The molecule has 0 spiro atoms. The van der Waals surface area contributed by atoms with Crippen LogP contribution < -0.4 is 38.1 Å². The number of carboxylic acids is 1. The number of nitrogens with one attached hydrogen (secondary N) is 5. The zero-order valence-corrected chi connectivity index (χ0v) is 30.6. The quantitative estimate of drug-likeness (QED) is 0.0611. The minimum absolute atomic E-state index is 0.0361. The number of alkyl halides is 2.